The summed E-state index contributed by atoms with van der Waals surface area (Å²) in [6.07, 6.45) is 3.74. The molecular weight excluding hydrogens is 200 g/mol. The second-order valence-corrected chi connectivity index (χ2v) is 4.58. The number of rotatable bonds is 4. The van der Waals surface area contributed by atoms with E-state index in [9.17, 15) is 4.79 Å². The molecule has 1 aromatic rings. The number of nitrogen functional groups attached to an aromatic ring is 1. The molecule has 3 nitrogen and oxygen atoms in total. The second-order valence-electron chi connectivity index (χ2n) is 4.58. The third kappa shape index (κ3) is 2.75. The smallest absolute Gasteiger partial charge is 0.253 e. The maximum absolute atomic E-state index is 11.8. The summed E-state index contributed by atoms with van der Waals surface area (Å²) in [6.45, 7) is 2.72. The Bertz CT molecular complexity index is 397. The highest BCUT2D eigenvalue weighted by Gasteiger charge is 2.20. The Balaban J connectivity index is 1.93. The first-order valence-corrected chi connectivity index (χ1v) is 5.81. The van der Waals surface area contributed by atoms with Crippen molar-refractivity contribution >= 4 is 11.6 Å². The molecule has 1 aliphatic rings. The molecule has 0 radical (unpaired) electrons. The first kappa shape index (κ1) is 11.0. The number of benzene rings is 1. The second kappa shape index (κ2) is 4.56. The molecule has 1 aromatic carbocycles. The topological polar surface area (TPSA) is 55.1 Å². The fraction of sp³-hybridized carbons (Fsp3) is 0.462. The standard InChI is InChI=1S/C13H18N2O/c1-9-2-5-12(14)11(8-9)13(16)15-7-6-10-3-4-10/h2,5,8,10H,3-4,6-7,14H2,1H3,(H,15,16). The number of anilines is 1. The Hall–Kier alpha value is -1.51. The average molecular weight is 218 g/mol. The summed E-state index contributed by atoms with van der Waals surface area (Å²) in [4.78, 5) is 11.8. The van der Waals surface area contributed by atoms with Crippen molar-refractivity contribution in [3.05, 3.63) is 29.3 Å². The van der Waals surface area contributed by atoms with Gasteiger partial charge in [0.15, 0.2) is 0 Å². The minimum absolute atomic E-state index is 0.0538. The number of carbonyl (C=O) groups excluding carboxylic acids is 1. The minimum atomic E-state index is -0.0538. The molecule has 0 atom stereocenters. The maximum Gasteiger partial charge on any atom is 0.253 e. The summed E-state index contributed by atoms with van der Waals surface area (Å²) in [5.74, 6) is 0.789. The molecule has 0 heterocycles. The summed E-state index contributed by atoms with van der Waals surface area (Å²) in [7, 11) is 0. The number of amides is 1. The predicted octanol–water partition coefficient (Wildman–Crippen LogP) is 2.11. The average Bonchev–Trinajstić information content (AvgIpc) is 3.05. The van der Waals surface area contributed by atoms with Crippen LogP contribution in [0.1, 0.15) is 35.2 Å². The Morgan fingerprint density at radius 3 is 2.94 bits per heavy atom. The molecule has 0 aliphatic heterocycles. The number of hydrogen-bond acceptors (Lipinski definition) is 2. The molecular formula is C13H18N2O. The summed E-state index contributed by atoms with van der Waals surface area (Å²) in [5.41, 5.74) is 7.97. The first-order valence-electron chi connectivity index (χ1n) is 5.81. The van der Waals surface area contributed by atoms with E-state index in [4.69, 9.17) is 5.73 Å². The van der Waals surface area contributed by atoms with Crippen molar-refractivity contribution in [2.24, 2.45) is 5.92 Å². The lowest BCUT2D eigenvalue weighted by atomic mass is 10.1. The van der Waals surface area contributed by atoms with E-state index in [1.807, 2.05) is 19.1 Å². The summed E-state index contributed by atoms with van der Waals surface area (Å²) < 4.78 is 0. The highest BCUT2D eigenvalue weighted by atomic mass is 16.1. The zero-order chi connectivity index (χ0) is 11.5. The number of carbonyl (C=O) groups is 1. The summed E-state index contributed by atoms with van der Waals surface area (Å²) in [5, 5.41) is 2.92. The zero-order valence-corrected chi connectivity index (χ0v) is 9.62. The van der Waals surface area contributed by atoms with Crippen molar-refractivity contribution in [1.82, 2.24) is 5.32 Å². The number of aryl methyl sites for hydroxylation is 1. The van der Waals surface area contributed by atoms with Crippen LogP contribution in [-0.2, 0) is 0 Å². The molecule has 3 heteroatoms. The number of nitrogens with two attached hydrogens (primary N) is 1. The highest BCUT2D eigenvalue weighted by molar-refractivity contribution is 5.99. The van der Waals surface area contributed by atoms with E-state index in [-0.39, 0.29) is 5.91 Å². The molecule has 86 valence electrons. The molecule has 1 aliphatic carbocycles. The van der Waals surface area contributed by atoms with Crippen LogP contribution in [0, 0.1) is 12.8 Å². The molecule has 0 saturated heterocycles. The molecule has 2 rings (SSSR count). The Kier molecular flexibility index (Phi) is 3.13. The van der Waals surface area contributed by atoms with Gasteiger partial charge in [0.2, 0.25) is 0 Å². The van der Waals surface area contributed by atoms with Crippen LogP contribution in [0.4, 0.5) is 5.69 Å². The normalized spacial score (nSPS) is 14.8. The van der Waals surface area contributed by atoms with Crippen LogP contribution >= 0.6 is 0 Å². The van der Waals surface area contributed by atoms with Gasteiger partial charge in [0.1, 0.15) is 0 Å². The van der Waals surface area contributed by atoms with Gasteiger partial charge >= 0.3 is 0 Å². The fourth-order valence-electron chi connectivity index (χ4n) is 1.76. The van der Waals surface area contributed by atoms with Crippen molar-refractivity contribution in [2.75, 3.05) is 12.3 Å². The SMILES string of the molecule is Cc1ccc(N)c(C(=O)NCCC2CC2)c1. The number of hydrogen-bond donors (Lipinski definition) is 2. The molecule has 0 spiro atoms. The third-order valence-corrected chi connectivity index (χ3v) is 2.99. The van der Waals surface area contributed by atoms with Crippen molar-refractivity contribution in [3.63, 3.8) is 0 Å². The van der Waals surface area contributed by atoms with E-state index in [0.29, 0.717) is 11.3 Å². The van der Waals surface area contributed by atoms with E-state index in [1.54, 1.807) is 6.07 Å². The van der Waals surface area contributed by atoms with Gasteiger partial charge in [-0.15, -0.1) is 0 Å². The Morgan fingerprint density at radius 1 is 1.50 bits per heavy atom. The van der Waals surface area contributed by atoms with Gasteiger partial charge in [-0.3, -0.25) is 4.79 Å². The minimum Gasteiger partial charge on any atom is -0.398 e. The lowest BCUT2D eigenvalue weighted by Gasteiger charge is -2.07. The van der Waals surface area contributed by atoms with Crippen LogP contribution in [0.2, 0.25) is 0 Å². The molecule has 16 heavy (non-hydrogen) atoms. The lowest BCUT2D eigenvalue weighted by Crippen LogP contribution is -2.25. The summed E-state index contributed by atoms with van der Waals surface area (Å²) >= 11 is 0. The maximum atomic E-state index is 11.8. The Labute approximate surface area is 96.0 Å². The van der Waals surface area contributed by atoms with Gasteiger partial charge in [0.25, 0.3) is 5.91 Å². The molecule has 1 amide bonds. The molecule has 0 aromatic heterocycles. The van der Waals surface area contributed by atoms with Crippen LogP contribution in [0.15, 0.2) is 18.2 Å². The Morgan fingerprint density at radius 2 is 2.25 bits per heavy atom. The van der Waals surface area contributed by atoms with E-state index in [2.05, 4.69) is 5.32 Å². The molecule has 1 saturated carbocycles. The highest BCUT2D eigenvalue weighted by Crippen LogP contribution is 2.31. The van der Waals surface area contributed by atoms with Gasteiger partial charge in [-0.1, -0.05) is 24.5 Å². The van der Waals surface area contributed by atoms with Gasteiger partial charge < -0.3 is 11.1 Å². The van der Waals surface area contributed by atoms with E-state index in [1.165, 1.54) is 12.8 Å². The first-order chi connectivity index (χ1) is 7.66. The van der Waals surface area contributed by atoms with Crippen LogP contribution in [0.5, 0.6) is 0 Å². The predicted molar refractivity (Wildman–Crippen MR) is 65.3 cm³/mol. The van der Waals surface area contributed by atoms with Crippen LogP contribution in [-0.4, -0.2) is 12.5 Å². The fourth-order valence-corrected chi connectivity index (χ4v) is 1.76. The molecule has 0 bridgehead atoms. The number of nitrogens with one attached hydrogen (secondary N) is 1. The van der Waals surface area contributed by atoms with Gasteiger partial charge in [-0.2, -0.15) is 0 Å². The van der Waals surface area contributed by atoms with Crippen molar-refractivity contribution in [1.29, 1.82) is 0 Å². The van der Waals surface area contributed by atoms with Crippen molar-refractivity contribution in [3.8, 4) is 0 Å². The lowest BCUT2D eigenvalue weighted by molar-refractivity contribution is 0.0953. The van der Waals surface area contributed by atoms with Crippen molar-refractivity contribution in [2.45, 2.75) is 26.2 Å². The summed E-state index contributed by atoms with van der Waals surface area (Å²) in [6, 6.07) is 5.53. The third-order valence-electron chi connectivity index (χ3n) is 2.99. The van der Waals surface area contributed by atoms with Gasteiger partial charge in [-0.05, 0) is 31.4 Å². The molecule has 1 fully saturated rings. The van der Waals surface area contributed by atoms with Crippen molar-refractivity contribution < 1.29 is 4.79 Å². The van der Waals surface area contributed by atoms with E-state index < -0.39 is 0 Å². The molecule has 0 unspecified atom stereocenters. The zero-order valence-electron chi connectivity index (χ0n) is 9.62. The van der Waals surface area contributed by atoms with E-state index in [0.717, 1.165) is 24.4 Å². The van der Waals surface area contributed by atoms with Crippen LogP contribution in [0.25, 0.3) is 0 Å². The van der Waals surface area contributed by atoms with Crippen LogP contribution in [0.3, 0.4) is 0 Å². The van der Waals surface area contributed by atoms with Gasteiger partial charge in [0, 0.05) is 12.2 Å². The monoisotopic (exact) mass is 218 g/mol. The molecule has 3 N–H and O–H groups in total. The van der Waals surface area contributed by atoms with Crippen LogP contribution < -0.4 is 11.1 Å². The largest absolute Gasteiger partial charge is 0.398 e. The quantitative estimate of drug-likeness (QED) is 0.760. The van der Waals surface area contributed by atoms with E-state index >= 15 is 0 Å². The van der Waals surface area contributed by atoms with Gasteiger partial charge in [-0.25, -0.2) is 0 Å². The van der Waals surface area contributed by atoms with Gasteiger partial charge in [0.05, 0.1) is 5.56 Å².